The fourth-order valence-corrected chi connectivity index (χ4v) is 4.54. The molecule has 1 N–H and O–H groups in total. The summed E-state index contributed by atoms with van der Waals surface area (Å²) in [6.07, 6.45) is 6.66. The average Bonchev–Trinajstić information content (AvgIpc) is 2.59. The van der Waals surface area contributed by atoms with Crippen LogP contribution in [0.15, 0.2) is 0 Å². The van der Waals surface area contributed by atoms with Gasteiger partial charge < -0.3 is 4.90 Å². The Morgan fingerprint density at radius 1 is 1.31 bits per heavy atom. The van der Waals surface area contributed by atoms with Gasteiger partial charge in [0, 0.05) is 18.3 Å². The van der Waals surface area contributed by atoms with E-state index in [-0.39, 0.29) is 0 Å². The topological polar surface area (TPSA) is 15.3 Å². The van der Waals surface area contributed by atoms with Crippen molar-refractivity contribution in [1.82, 2.24) is 10.2 Å². The van der Waals surface area contributed by atoms with Gasteiger partial charge in [0.2, 0.25) is 0 Å². The van der Waals surface area contributed by atoms with E-state index in [1.165, 1.54) is 57.5 Å². The zero-order chi connectivity index (χ0) is 11.4. The van der Waals surface area contributed by atoms with E-state index >= 15 is 0 Å². The highest BCUT2D eigenvalue weighted by atomic mass is 32.2. The molecule has 3 heteroatoms. The number of rotatable bonds is 3. The van der Waals surface area contributed by atoms with E-state index in [1.807, 2.05) is 0 Å². The second kappa shape index (κ2) is 5.74. The summed E-state index contributed by atoms with van der Waals surface area (Å²) < 4.78 is 0. The molecule has 0 amide bonds. The summed E-state index contributed by atoms with van der Waals surface area (Å²) in [5, 5.41) is 3.89. The maximum absolute atomic E-state index is 3.89. The van der Waals surface area contributed by atoms with Crippen LogP contribution in [0.25, 0.3) is 0 Å². The summed E-state index contributed by atoms with van der Waals surface area (Å²) in [6, 6.07) is 0.766. The van der Waals surface area contributed by atoms with Crippen LogP contribution < -0.4 is 5.32 Å². The van der Waals surface area contributed by atoms with Crippen LogP contribution in [0.2, 0.25) is 0 Å². The van der Waals surface area contributed by atoms with E-state index in [9.17, 15) is 0 Å². The third-order valence-corrected chi connectivity index (χ3v) is 5.60. The summed E-state index contributed by atoms with van der Waals surface area (Å²) in [4.78, 5) is 3.08. The molecule has 2 fully saturated rings. The van der Waals surface area contributed by atoms with Crippen LogP contribution in [0.4, 0.5) is 0 Å². The van der Waals surface area contributed by atoms with Gasteiger partial charge in [-0.25, -0.2) is 0 Å². The smallest absolute Gasteiger partial charge is 0.0660 e. The third kappa shape index (κ3) is 2.93. The molecule has 2 aliphatic heterocycles. The molecule has 2 aliphatic rings. The number of thioether (sulfide) groups is 1. The number of nitrogens with one attached hydrogen (secondary N) is 1. The summed E-state index contributed by atoms with van der Waals surface area (Å²) in [5.41, 5.74) is 0. The van der Waals surface area contributed by atoms with Crippen molar-refractivity contribution >= 4 is 11.8 Å². The standard InChI is InChI=1S/C13H26N2S/c1-3-8-15-9-5-6-13(7-10-15)14-12(4-2)11-16-13/h12,14H,3-11H2,1-2H3. The fraction of sp³-hybridized carbons (Fsp3) is 1.00. The molecule has 0 aliphatic carbocycles. The molecule has 2 atom stereocenters. The van der Waals surface area contributed by atoms with Gasteiger partial charge in [0.05, 0.1) is 4.87 Å². The quantitative estimate of drug-likeness (QED) is 0.819. The van der Waals surface area contributed by atoms with E-state index in [1.54, 1.807) is 0 Å². The molecule has 1 spiro atoms. The number of hydrogen-bond donors (Lipinski definition) is 1. The van der Waals surface area contributed by atoms with Gasteiger partial charge >= 0.3 is 0 Å². The summed E-state index contributed by atoms with van der Waals surface area (Å²) in [6.45, 7) is 8.49. The summed E-state index contributed by atoms with van der Waals surface area (Å²) >= 11 is 2.19. The highest BCUT2D eigenvalue weighted by Gasteiger charge is 2.39. The minimum Gasteiger partial charge on any atom is -0.303 e. The third-order valence-electron chi connectivity index (χ3n) is 3.95. The normalized spacial score (nSPS) is 36.8. The summed E-state index contributed by atoms with van der Waals surface area (Å²) in [7, 11) is 0. The molecule has 0 bridgehead atoms. The largest absolute Gasteiger partial charge is 0.303 e. The molecular formula is C13H26N2S. The van der Waals surface area contributed by atoms with Gasteiger partial charge in [0.1, 0.15) is 0 Å². The zero-order valence-electron chi connectivity index (χ0n) is 10.8. The molecule has 0 aromatic rings. The van der Waals surface area contributed by atoms with Crippen molar-refractivity contribution in [3.8, 4) is 0 Å². The Morgan fingerprint density at radius 3 is 2.88 bits per heavy atom. The molecule has 2 nitrogen and oxygen atoms in total. The molecule has 2 saturated heterocycles. The van der Waals surface area contributed by atoms with E-state index in [0.29, 0.717) is 4.87 Å². The Labute approximate surface area is 105 Å². The van der Waals surface area contributed by atoms with Crippen molar-refractivity contribution in [2.75, 3.05) is 25.4 Å². The number of hydrogen-bond acceptors (Lipinski definition) is 3. The predicted molar refractivity (Wildman–Crippen MR) is 73.0 cm³/mol. The lowest BCUT2D eigenvalue weighted by atomic mass is 10.1. The number of nitrogens with zero attached hydrogens (tertiary/aromatic N) is 1. The molecule has 0 radical (unpaired) electrons. The molecule has 2 heterocycles. The number of likely N-dealkylation sites (tertiary alicyclic amines) is 1. The van der Waals surface area contributed by atoms with Gasteiger partial charge in [-0.3, -0.25) is 5.32 Å². The van der Waals surface area contributed by atoms with E-state index in [4.69, 9.17) is 0 Å². The minimum absolute atomic E-state index is 0.434. The van der Waals surface area contributed by atoms with Gasteiger partial charge in [0.15, 0.2) is 0 Å². The Hall–Kier alpha value is 0.270. The molecule has 0 saturated carbocycles. The highest BCUT2D eigenvalue weighted by molar-refractivity contribution is 8.00. The Kier molecular flexibility index (Phi) is 4.57. The highest BCUT2D eigenvalue weighted by Crippen LogP contribution is 2.39. The Bertz CT molecular complexity index is 222. The van der Waals surface area contributed by atoms with Crippen LogP contribution in [-0.4, -0.2) is 41.2 Å². The molecule has 2 rings (SSSR count). The van der Waals surface area contributed by atoms with Crippen LogP contribution in [0.5, 0.6) is 0 Å². The Morgan fingerprint density at radius 2 is 2.19 bits per heavy atom. The first-order chi connectivity index (χ1) is 7.78. The molecule has 0 aromatic carbocycles. The average molecular weight is 242 g/mol. The molecular weight excluding hydrogens is 216 g/mol. The first kappa shape index (κ1) is 12.7. The van der Waals surface area contributed by atoms with Crippen LogP contribution in [0, 0.1) is 0 Å². The van der Waals surface area contributed by atoms with Gasteiger partial charge in [-0.2, -0.15) is 0 Å². The van der Waals surface area contributed by atoms with Crippen molar-refractivity contribution in [3.63, 3.8) is 0 Å². The monoisotopic (exact) mass is 242 g/mol. The van der Waals surface area contributed by atoms with Crippen molar-refractivity contribution < 1.29 is 0 Å². The fourth-order valence-electron chi connectivity index (χ4n) is 2.93. The lowest BCUT2D eigenvalue weighted by Gasteiger charge is -2.28. The van der Waals surface area contributed by atoms with Crippen LogP contribution in [-0.2, 0) is 0 Å². The van der Waals surface area contributed by atoms with Crippen LogP contribution in [0.3, 0.4) is 0 Å². The first-order valence-electron chi connectivity index (χ1n) is 6.92. The van der Waals surface area contributed by atoms with E-state index in [2.05, 4.69) is 35.8 Å². The lowest BCUT2D eigenvalue weighted by Crippen LogP contribution is -2.42. The van der Waals surface area contributed by atoms with Crippen molar-refractivity contribution in [1.29, 1.82) is 0 Å². The zero-order valence-corrected chi connectivity index (χ0v) is 11.6. The van der Waals surface area contributed by atoms with Gasteiger partial charge in [-0.1, -0.05) is 13.8 Å². The van der Waals surface area contributed by atoms with Crippen LogP contribution in [0.1, 0.15) is 46.0 Å². The van der Waals surface area contributed by atoms with E-state index < -0.39 is 0 Å². The predicted octanol–water partition coefficient (Wildman–Crippen LogP) is 2.69. The van der Waals surface area contributed by atoms with Gasteiger partial charge in [-0.15, -0.1) is 11.8 Å². The second-order valence-corrected chi connectivity index (χ2v) is 6.65. The molecule has 2 unspecified atom stereocenters. The molecule has 94 valence electrons. The van der Waals surface area contributed by atoms with Gasteiger partial charge in [-0.05, 0) is 45.2 Å². The lowest BCUT2D eigenvalue weighted by molar-refractivity contribution is 0.280. The summed E-state index contributed by atoms with van der Waals surface area (Å²) in [5.74, 6) is 1.32. The second-order valence-electron chi connectivity index (χ2n) is 5.25. The minimum atomic E-state index is 0.434. The van der Waals surface area contributed by atoms with Crippen LogP contribution >= 0.6 is 11.8 Å². The molecule has 0 aromatic heterocycles. The van der Waals surface area contributed by atoms with Crippen molar-refractivity contribution in [3.05, 3.63) is 0 Å². The maximum Gasteiger partial charge on any atom is 0.0660 e. The van der Waals surface area contributed by atoms with Gasteiger partial charge in [0.25, 0.3) is 0 Å². The first-order valence-corrected chi connectivity index (χ1v) is 7.90. The molecule has 16 heavy (non-hydrogen) atoms. The van der Waals surface area contributed by atoms with E-state index in [0.717, 1.165) is 6.04 Å². The maximum atomic E-state index is 3.89. The van der Waals surface area contributed by atoms with Crippen molar-refractivity contribution in [2.45, 2.75) is 56.9 Å². The van der Waals surface area contributed by atoms with Crippen molar-refractivity contribution in [2.24, 2.45) is 0 Å². The SMILES string of the molecule is CCCN1CCCC2(CC1)NC(CC)CS2. The Balaban J connectivity index is 1.88.